The summed E-state index contributed by atoms with van der Waals surface area (Å²) in [6.07, 6.45) is 1.97. The van der Waals surface area contributed by atoms with Crippen LogP contribution in [0.5, 0.6) is 11.5 Å². The molecule has 0 radical (unpaired) electrons. The minimum atomic E-state index is 0.213. The average molecular weight is 367 g/mol. The van der Waals surface area contributed by atoms with Crippen LogP contribution in [0, 0.1) is 0 Å². The quantitative estimate of drug-likeness (QED) is 0.713. The van der Waals surface area contributed by atoms with Gasteiger partial charge in [0, 0.05) is 38.8 Å². The third kappa shape index (κ3) is 5.00. The average Bonchev–Trinajstić information content (AvgIpc) is 2.69. The summed E-state index contributed by atoms with van der Waals surface area (Å²) in [5.41, 5.74) is 2.34. The highest BCUT2D eigenvalue weighted by Crippen LogP contribution is 2.29. The largest absolute Gasteiger partial charge is 0.486 e. The number of hydrogen-bond acceptors (Lipinski definition) is 6. The topological polar surface area (TPSA) is 47.1 Å². The van der Waals surface area contributed by atoms with Gasteiger partial charge < -0.3 is 19.0 Å². The summed E-state index contributed by atoms with van der Waals surface area (Å²) in [6.45, 7) is 6.52. The van der Waals surface area contributed by atoms with E-state index in [9.17, 15) is 0 Å². The number of hydrogen-bond donors (Lipinski definition) is 0. The van der Waals surface area contributed by atoms with Crippen molar-refractivity contribution in [2.75, 3.05) is 39.5 Å². The maximum atomic E-state index is 6.00. The van der Waals surface area contributed by atoms with Crippen molar-refractivity contribution in [3.63, 3.8) is 0 Å². The molecule has 1 aromatic heterocycles. The van der Waals surface area contributed by atoms with E-state index >= 15 is 0 Å². The standard InChI is InChI=1S/C20H26BN3O3/c21-24(13-17-10-19-20(11-22-17)27-9-8-26-19)15-18-14-23(6-7-25-18)12-16-4-2-1-3-5-16/h1-5,10-11,18H,6-9,12-15,21H2. The second-order valence-electron chi connectivity index (χ2n) is 7.23. The molecule has 4 rings (SSSR count). The van der Waals surface area contributed by atoms with Crippen LogP contribution in [-0.2, 0) is 17.8 Å². The molecule has 0 saturated carbocycles. The van der Waals surface area contributed by atoms with E-state index in [0.717, 1.165) is 56.5 Å². The van der Waals surface area contributed by atoms with Gasteiger partial charge in [0.15, 0.2) is 19.5 Å². The Balaban J connectivity index is 1.29. The summed E-state index contributed by atoms with van der Waals surface area (Å²) >= 11 is 0. The van der Waals surface area contributed by atoms with Crippen molar-refractivity contribution in [2.45, 2.75) is 19.2 Å². The lowest BCUT2D eigenvalue weighted by Crippen LogP contribution is -2.46. The van der Waals surface area contributed by atoms with Crippen molar-refractivity contribution in [2.24, 2.45) is 0 Å². The molecule has 3 heterocycles. The van der Waals surface area contributed by atoms with Gasteiger partial charge in [0.25, 0.3) is 0 Å². The van der Waals surface area contributed by atoms with Crippen LogP contribution in [0.1, 0.15) is 11.3 Å². The maximum Gasteiger partial charge on any atom is 0.186 e. The van der Waals surface area contributed by atoms with Gasteiger partial charge in [-0.1, -0.05) is 30.3 Å². The van der Waals surface area contributed by atoms with E-state index in [1.807, 2.05) is 6.07 Å². The lowest BCUT2D eigenvalue weighted by atomic mass is 10.1. The molecule has 1 fully saturated rings. The number of aromatic nitrogens is 1. The highest BCUT2D eigenvalue weighted by atomic mass is 16.6. The Labute approximate surface area is 161 Å². The van der Waals surface area contributed by atoms with E-state index in [0.29, 0.717) is 13.2 Å². The van der Waals surface area contributed by atoms with Gasteiger partial charge >= 0.3 is 0 Å². The fourth-order valence-corrected chi connectivity index (χ4v) is 3.64. The summed E-state index contributed by atoms with van der Waals surface area (Å²) in [5, 5.41) is 0. The molecular weight excluding hydrogens is 341 g/mol. The Morgan fingerprint density at radius 2 is 1.93 bits per heavy atom. The number of morpholine rings is 1. The number of nitrogens with zero attached hydrogens (tertiary/aromatic N) is 3. The fraction of sp³-hybridized carbons (Fsp3) is 0.450. The minimum absolute atomic E-state index is 0.213. The van der Waals surface area contributed by atoms with Gasteiger partial charge in [-0.05, 0) is 5.56 Å². The summed E-state index contributed by atoms with van der Waals surface area (Å²) < 4.78 is 17.2. The van der Waals surface area contributed by atoms with Crippen molar-refractivity contribution < 1.29 is 14.2 Å². The van der Waals surface area contributed by atoms with E-state index < -0.39 is 0 Å². The summed E-state index contributed by atoms with van der Waals surface area (Å²) in [5.74, 6) is 1.53. The molecule has 6 nitrogen and oxygen atoms in total. The highest BCUT2D eigenvalue weighted by molar-refractivity contribution is 6.04. The number of fused-ring (bicyclic) bond motifs is 1. The highest BCUT2D eigenvalue weighted by Gasteiger charge is 2.22. The van der Waals surface area contributed by atoms with Crippen LogP contribution in [0.15, 0.2) is 42.6 Å². The van der Waals surface area contributed by atoms with Gasteiger partial charge in [-0.15, -0.1) is 0 Å². The molecule has 2 aliphatic rings. The Hall–Kier alpha value is -2.09. The number of benzene rings is 1. The van der Waals surface area contributed by atoms with E-state index in [1.165, 1.54) is 5.56 Å². The second-order valence-corrected chi connectivity index (χ2v) is 7.23. The summed E-state index contributed by atoms with van der Waals surface area (Å²) in [6, 6.07) is 12.6. The molecule has 7 heteroatoms. The lowest BCUT2D eigenvalue weighted by molar-refractivity contribution is -0.0382. The zero-order chi connectivity index (χ0) is 18.5. The van der Waals surface area contributed by atoms with Gasteiger partial charge in [-0.25, -0.2) is 0 Å². The first-order valence-corrected chi connectivity index (χ1v) is 9.57. The number of rotatable bonds is 6. The van der Waals surface area contributed by atoms with Crippen LogP contribution >= 0.6 is 0 Å². The normalized spacial score (nSPS) is 20.0. The van der Waals surface area contributed by atoms with E-state index in [-0.39, 0.29) is 6.10 Å². The molecule has 1 atom stereocenters. The van der Waals surface area contributed by atoms with Crippen LogP contribution in [0.4, 0.5) is 0 Å². The molecule has 0 bridgehead atoms. The van der Waals surface area contributed by atoms with Gasteiger partial charge in [-0.3, -0.25) is 9.88 Å². The molecule has 0 spiro atoms. The van der Waals surface area contributed by atoms with Crippen LogP contribution in [0.25, 0.3) is 0 Å². The first kappa shape index (κ1) is 18.3. The fourth-order valence-electron chi connectivity index (χ4n) is 3.64. The van der Waals surface area contributed by atoms with Crippen molar-refractivity contribution in [1.82, 2.24) is 14.7 Å². The molecule has 0 N–H and O–H groups in total. The zero-order valence-electron chi connectivity index (χ0n) is 15.8. The van der Waals surface area contributed by atoms with Gasteiger partial charge in [0.2, 0.25) is 0 Å². The first-order valence-electron chi connectivity index (χ1n) is 9.57. The Bertz CT molecular complexity index is 747. The number of pyridine rings is 1. The molecule has 27 heavy (non-hydrogen) atoms. The molecular formula is C20H26BN3O3. The molecule has 1 aromatic carbocycles. The van der Waals surface area contributed by atoms with Crippen LogP contribution in [0.3, 0.4) is 0 Å². The second kappa shape index (κ2) is 8.74. The van der Waals surface area contributed by atoms with Crippen molar-refractivity contribution in [3.8, 4) is 11.5 Å². The SMILES string of the molecule is BN(Cc1cc2c(cn1)OCCO2)CC1CN(Cc2ccccc2)CCO1. The van der Waals surface area contributed by atoms with Gasteiger partial charge in [0.1, 0.15) is 13.2 Å². The Morgan fingerprint density at radius 1 is 1.11 bits per heavy atom. The van der Waals surface area contributed by atoms with Gasteiger partial charge in [-0.2, -0.15) is 0 Å². The van der Waals surface area contributed by atoms with Crippen molar-refractivity contribution in [1.29, 1.82) is 0 Å². The molecule has 0 aliphatic carbocycles. The molecule has 2 aromatic rings. The third-order valence-electron chi connectivity index (χ3n) is 4.91. The van der Waals surface area contributed by atoms with E-state index in [4.69, 9.17) is 14.2 Å². The zero-order valence-corrected chi connectivity index (χ0v) is 15.8. The molecule has 142 valence electrons. The predicted molar refractivity (Wildman–Crippen MR) is 106 cm³/mol. The molecule has 1 unspecified atom stereocenters. The van der Waals surface area contributed by atoms with Crippen molar-refractivity contribution >= 4 is 7.98 Å². The maximum absolute atomic E-state index is 6.00. The minimum Gasteiger partial charge on any atom is -0.486 e. The van der Waals surface area contributed by atoms with E-state index in [2.05, 4.69) is 53.0 Å². The van der Waals surface area contributed by atoms with E-state index in [1.54, 1.807) is 6.20 Å². The van der Waals surface area contributed by atoms with Crippen LogP contribution < -0.4 is 9.47 Å². The summed E-state index contributed by atoms with van der Waals surface area (Å²) in [7, 11) is 2.11. The lowest BCUT2D eigenvalue weighted by Gasteiger charge is -2.35. The Kier molecular flexibility index (Phi) is 5.92. The smallest absolute Gasteiger partial charge is 0.186 e. The molecule has 1 saturated heterocycles. The van der Waals surface area contributed by atoms with Gasteiger partial charge in [0.05, 0.1) is 24.6 Å². The first-order chi connectivity index (χ1) is 13.3. The molecule has 0 amide bonds. The predicted octanol–water partition coefficient (Wildman–Crippen LogP) is 1.10. The van der Waals surface area contributed by atoms with Crippen LogP contribution in [-0.4, -0.2) is 68.2 Å². The Morgan fingerprint density at radius 3 is 2.78 bits per heavy atom. The summed E-state index contributed by atoms with van der Waals surface area (Å²) in [4.78, 5) is 9.23. The van der Waals surface area contributed by atoms with Crippen LogP contribution in [0.2, 0.25) is 0 Å². The molecule has 2 aliphatic heterocycles. The van der Waals surface area contributed by atoms with Crippen molar-refractivity contribution in [3.05, 3.63) is 53.9 Å². The third-order valence-corrected chi connectivity index (χ3v) is 4.91. The number of ether oxygens (including phenoxy) is 3. The monoisotopic (exact) mass is 367 g/mol.